The molecule has 2 N–H and O–H groups in total. The summed E-state index contributed by atoms with van der Waals surface area (Å²) in [4.78, 5) is 17.7. The molecule has 0 saturated carbocycles. The molecule has 0 bridgehead atoms. The summed E-state index contributed by atoms with van der Waals surface area (Å²) < 4.78 is 4.09. The van der Waals surface area contributed by atoms with Gasteiger partial charge in [0.15, 0.2) is 0 Å². The molecule has 0 aromatic carbocycles. The summed E-state index contributed by atoms with van der Waals surface area (Å²) in [7, 11) is 0. The molecule has 134 valence electrons. The lowest BCUT2D eigenvalue weighted by Gasteiger charge is -2.36. The van der Waals surface area contributed by atoms with Gasteiger partial charge >= 0.3 is 0 Å². The van der Waals surface area contributed by atoms with E-state index in [-0.39, 0.29) is 5.91 Å². The van der Waals surface area contributed by atoms with E-state index in [1.807, 2.05) is 16.9 Å². The number of aryl methyl sites for hydroxylation is 2. The molecular formula is C18H26N6O. The van der Waals surface area contributed by atoms with Gasteiger partial charge in [-0.15, -0.1) is 0 Å². The molecular weight excluding hydrogens is 316 g/mol. The molecule has 7 heteroatoms. The van der Waals surface area contributed by atoms with Crippen molar-refractivity contribution in [2.75, 3.05) is 19.6 Å². The first kappa shape index (κ1) is 16.3. The lowest BCUT2D eigenvalue weighted by atomic mass is 9.87. The van der Waals surface area contributed by atoms with Gasteiger partial charge in [0.2, 0.25) is 5.91 Å². The summed E-state index contributed by atoms with van der Waals surface area (Å²) in [6, 6.07) is 1.88. The average molecular weight is 342 g/mol. The fraction of sp³-hybridized carbons (Fsp3) is 0.611. The maximum atomic E-state index is 13.0. The molecule has 1 amide bonds. The Morgan fingerprint density at radius 3 is 2.96 bits per heavy atom. The van der Waals surface area contributed by atoms with Crippen LogP contribution in [0.2, 0.25) is 0 Å². The second-order valence-electron chi connectivity index (χ2n) is 7.04. The van der Waals surface area contributed by atoms with Crippen LogP contribution in [0.1, 0.15) is 37.2 Å². The van der Waals surface area contributed by atoms with Gasteiger partial charge in [0.05, 0.1) is 5.69 Å². The van der Waals surface area contributed by atoms with E-state index in [9.17, 15) is 4.79 Å². The second-order valence-corrected chi connectivity index (χ2v) is 7.04. The molecule has 4 rings (SSSR count). The van der Waals surface area contributed by atoms with Crippen LogP contribution in [0.25, 0.3) is 0 Å². The smallest absolute Gasteiger partial charge is 0.248 e. The van der Waals surface area contributed by atoms with Gasteiger partial charge in [-0.05, 0) is 44.8 Å². The van der Waals surface area contributed by atoms with E-state index in [1.165, 1.54) is 18.7 Å². The fourth-order valence-corrected chi connectivity index (χ4v) is 3.98. The van der Waals surface area contributed by atoms with Crippen LogP contribution in [-0.2, 0) is 29.7 Å². The molecule has 0 atom stereocenters. The van der Waals surface area contributed by atoms with Crippen molar-refractivity contribution in [1.82, 2.24) is 30.0 Å². The number of piperidine rings is 1. The van der Waals surface area contributed by atoms with Crippen molar-refractivity contribution in [1.29, 1.82) is 0 Å². The van der Waals surface area contributed by atoms with Gasteiger partial charge < -0.3 is 15.2 Å². The highest BCUT2D eigenvalue weighted by molar-refractivity contribution is 5.84. The minimum Gasteiger partial charge on any atom is -0.354 e. The zero-order chi connectivity index (χ0) is 17.1. The SMILES string of the molecule is O=C(NCCc1cn2c(n1)CCCC2)C1(n2cccn2)CCNCC1. The van der Waals surface area contributed by atoms with E-state index < -0.39 is 5.54 Å². The standard InChI is InChI=1S/C18H26N6O/c25-17(18(6-10-19-11-7-18)24-13-3-8-21-24)20-9-5-15-14-23-12-2-1-4-16(23)22-15/h3,8,13-14,19H,1-2,4-7,9-12H2,(H,20,25). The van der Waals surface area contributed by atoms with E-state index in [1.54, 1.807) is 6.20 Å². The van der Waals surface area contributed by atoms with E-state index in [2.05, 4.69) is 26.5 Å². The lowest BCUT2D eigenvalue weighted by Crippen LogP contribution is -2.54. The topological polar surface area (TPSA) is 76.8 Å². The molecule has 2 aromatic heterocycles. The number of fused-ring (bicyclic) bond motifs is 1. The average Bonchev–Trinajstić information content (AvgIpc) is 3.32. The minimum atomic E-state index is -0.567. The lowest BCUT2D eigenvalue weighted by molar-refractivity contribution is -0.131. The van der Waals surface area contributed by atoms with Crippen LogP contribution < -0.4 is 10.6 Å². The molecule has 4 heterocycles. The highest BCUT2D eigenvalue weighted by Gasteiger charge is 2.41. The van der Waals surface area contributed by atoms with Crippen molar-refractivity contribution < 1.29 is 4.79 Å². The molecule has 2 aliphatic heterocycles. The normalized spacial score (nSPS) is 19.4. The zero-order valence-electron chi connectivity index (χ0n) is 14.6. The Kier molecular flexibility index (Phi) is 4.57. The first-order chi connectivity index (χ1) is 12.3. The van der Waals surface area contributed by atoms with E-state index in [4.69, 9.17) is 4.98 Å². The third-order valence-electron chi connectivity index (χ3n) is 5.42. The Hall–Kier alpha value is -2.15. The van der Waals surface area contributed by atoms with Gasteiger partial charge in [-0.1, -0.05) is 0 Å². The number of imidazole rings is 1. The predicted molar refractivity (Wildman–Crippen MR) is 94.2 cm³/mol. The summed E-state index contributed by atoms with van der Waals surface area (Å²) in [5.74, 6) is 1.26. The van der Waals surface area contributed by atoms with Crippen molar-refractivity contribution >= 4 is 5.91 Å². The summed E-state index contributed by atoms with van der Waals surface area (Å²) in [5.41, 5.74) is 0.512. The summed E-state index contributed by atoms with van der Waals surface area (Å²) in [6.07, 6.45) is 11.6. The van der Waals surface area contributed by atoms with Crippen molar-refractivity contribution in [3.63, 3.8) is 0 Å². The molecule has 1 fully saturated rings. The Morgan fingerprint density at radius 2 is 2.20 bits per heavy atom. The number of hydrogen-bond donors (Lipinski definition) is 2. The summed E-state index contributed by atoms with van der Waals surface area (Å²) in [6.45, 7) is 3.36. The van der Waals surface area contributed by atoms with Crippen molar-refractivity contribution in [2.45, 2.75) is 50.6 Å². The van der Waals surface area contributed by atoms with E-state index in [0.717, 1.165) is 51.0 Å². The molecule has 25 heavy (non-hydrogen) atoms. The number of nitrogens with zero attached hydrogens (tertiary/aromatic N) is 4. The highest BCUT2D eigenvalue weighted by atomic mass is 16.2. The summed E-state index contributed by atoms with van der Waals surface area (Å²) in [5, 5.41) is 10.8. The largest absolute Gasteiger partial charge is 0.354 e. The fourth-order valence-electron chi connectivity index (χ4n) is 3.98. The third-order valence-corrected chi connectivity index (χ3v) is 5.42. The first-order valence-electron chi connectivity index (χ1n) is 9.32. The number of amides is 1. The molecule has 1 saturated heterocycles. The highest BCUT2D eigenvalue weighted by Crippen LogP contribution is 2.27. The van der Waals surface area contributed by atoms with Crippen molar-refractivity contribution in [3.8, 4) is 0 Å². The number of hydrogen-bond acceptors (Lipinski definition) is 4. The van der Waals surface area contributed by atoms with E-state index >= 15 is 0 Å². The van der Waals surface area contributed by atoms with Gasteiger partial charge in [-0.2, -0.15) is 5.10 Å². The maximum absolute atomic E-state index is 13.0. The molecule has 7 nitrogen and oxygen atoms in total. The Balaban J connectivity index is 1.39. The molecule has 0 aliphatic carbocycles. The van der Waals surface area contributed by atoms with Crippen LogP contribution in [0.5, 0.6) is 0 Å². The number of aromatic nitrogens is 4. The second kappa shape index (κ2) is 7.00. The molecule has 0 unspecified atom stereocenters. The number of nitrogens with one attached hydrogen (secondary N) is 2. The van der Waals surface area contributed by atoms with Crippen molar-refractivity contribution in [3.05, 3.63) is 36.2 Å². The number of carbonyl (C=O) groups excluding carboxylic acids is 1. The van der Waals surface area contributed by atoms with Gasteiger partial charge in [0.1, 0.15) is 11.4 Å². The number of rotatable bonds is 5. The van der Waals surface area contributed by atoms with Crippen LogP contribution in [0, 0.1) is 0 Å². The Morgan fingerprint density at radius 1 is 1.32 bits per heavy atom. The quantitative estimate of drug-likeness (QED) is 0.845. The molecule has 0 radical (unpaired) electrons. The van der Waals surface area contributed by atoms with Gasteiger partial charge in [0.25, 0.3) is 0 Å². The van der Waals surface area contributed by atoms with E-state index in [0.29, 0.717) is 6.54 Å². The van der Waals surface area contributed by atoms with Crippen LogP contribution >= 0.6 is 0 Å². The van der Waals surface area contributed by atoms with Crippen LogP contribution in [0.15, 0.2) is 24.7 Å². The Bertz CT molecular complexity index is 691. The zero-order valence-corrected chi connectivity index (χ0v) is 14.6. The van der Waals surface area contributed by atoms with Crippen LogP contribution in [0.4, 0.5) is 0 Å². The van der Waals surface area contributed by atoms with Gasteiger partial charge in [0, 0.05) is 44.5 Å². The number of carbonyl (C=O) groups is 1. The van der Waals surface area contributed by atoms with Crippen LogP contribution in [-0.4, -0.2) is 44.9 Å². The van der Waals surface area contributed by atoms with Crippen LogP contribution in [0.3, 0.4) is 0 Å². The minimum absolute atomic E-state index is 0.0710. The molecule has 0 spiro atoms. The monoisotopic (exact) mass is 342 g/mol. The van der Waals surface area contributed by atoms with Gasteiger partial charge in [-0.3, -0.25) is 9.48 Å². The van der Waals surface area contributed by atoms with Crippen molar-refractivity contribution in [2.24, 2.45) is 0 Å². The Labute approximate surface area is 147 Å². The third kappa shape index (κ3) is 3.20. The molecule has 2 aromatic rings. The molecule has 2 aliphatic rings. The van der Waals surface area contributed by atoms with Gasteiger partial charge in [-0.25, -0.2) is 4.98 Å². The first-order valence-corrected chi connectivity index (χ1v) is 9.32. The predicted octanol–water partition coefficient (Wildman–Crippen LogP) is 0.853. The maximum Gasteiger partial charge on any atom is 0.248 e. The summed E-state index contributed by atoms with van der Waals surface area (Å²) >= 11 is 0.